The van der Waals surface area contributed by atoms with Gasteiger partial charge in [0.25, 0.3) is 5.56 Å². The highest BCUT2D eigenvalue weighted by molar-refractivity contribution is 7.20. The van der Waals surface area contributed by atoms with E-state index in [1.54, 1.807) is 6.07 Å². The summed E-state index contributed by atoms with van der Waals surface area (Å²) >= 11 is 1.39. The summed E-state index contributed by atoms with van der Waals surface area (Å²) in [5.74, 6) is 0. The first-order chi connectivity index (χ1) is 17.2. The van der Waals surface area contributed by atoms with Crippen molar-refractivity contribution >= 4 is 43.7 Å². The highest BCUT2D eigenvalue weighted by atomic mass is 32.1. The number of anilines is 3. The Hall–Kier alpha value is -2.97. The van der Waals surface area contributed by atoms with E-state index in [-0.39, 0.29) is 5.56 Å². The molecule has 1 aliphatic heterocycles. The Morgan fingerprint density at radius 1 is 0.943 bits per heavy atom. The zero-order chi connectivity index (χ0) is 24.0. The summed E-state index contributed by atoms with van der Waals surface area (Å²) in [6.45, 7) is 7.83. The van der Waals surface area contributed by atoms with Gasteiger partial charge in [-0.1, -0.05) is 68.6 Å². The van der Waals surface area contributed by atoms with E-state index in [9.17, 15) is 4.79 Å². The van der Waals surface area contributed by atoms with E-state index in [1.165, 1.54) is 66.6 Å². The lowest BCUT2D eigenvalue weighted by Crippen LogP contribution is -2.46. The average molecular weight is 491 g/mol. The molecule has 2 aromatic carbocycles. The van der Waals surface area contributed by atoms with E-state index in [0.29, 0.717) is 21.0 Å². The standard InChI is InChI=1S/C27H34N6OS/c1-2-3-4-5-6-9-15-31-16-18-32(19-17-31)22-12-10-11-21(20-22)28-26-30-33-25(34)23-13-7-8-14-24(23)29-27(33)35-26/h7-8,10-14,20H,2-6,9,15-19H2,1H3,(H,28,30). The molecule has 0 bridgehead atoms. The number of piperazine rings is 1. The molecule has 1 N–H and O–H groups in total. The smallest absolute Gasteiger partial charge is 0.283 e. The van der Waals surface area contributed by atoms with Crippen LogP contribution < -0.4 is 15.8 Å². The molecule has 5 rings (SSSR count). The second kappa shape index (κ2) is 11.2. The maximum absolute atomic E-state index is 12.8. The van der Waals surface area contributed by atoms with Gasteiger partial charge in [-0.05, 0) is 43.3 Å². The van der Waals surface area contributed by atoms with Crippen LogP contribution in [-0.2, 0) is 0 Å². The van der Waals surface area contributed by atoms with Crippen molar-refractivity contribution in [3.8, 4) is 0 Å². The summed E-state index contributed by atoms with van der Waals surface area (Å²) in [6.07, 6.45) is 8.13. The molecule has 1 saturated heterocycles. The molecule has 1 aliphatic rings. The van der Waals surface area contributed by atoms with Crippen LogP contribution in [0.4, 0.5) is 16.5 Å². The first-order valence-electron chi connectivity index (χ1n) is 12.8. The van der Waals surface area contributed by atoms with E-state index in [1.807, 2.05) is 24.3 Å². The van der Waals surface area contributed by atoms with E-state index in [4.69, 9.17) is 0 Å². The Morgan fingerprint density at radius 2 is 1.74 bits per heavy atom. The van der Waals surface area contributed by atoms with Crippen LogP contribution in [0.25, 0.3) is 15.9 Å². The Balaban J connectivity index is 1.19. The molecule has 0 atom stereocenters. The lowest BCUT2D eigenvalue weighted by molar-refractivity contribution is 0.252. The van der Waals surface area contributed by atoms with E-state index in [0.717, 1.165) is 31.9 Å². The average Bonchev–Trinajstić information content (AvgIpc) is 3.29. The van der Waals surface area contributed by atoms with Crippen LogP contribution in [0.15, 0.2) is 53.3 Å². The van der Waals surface area contributed by atoms with Crippen LogP contribution in [-0.4, -0.2) is 52.2 Å². The summed E-state index contributed by atoms with van der Waals surface area (Å²) in [6, 6.07) is 15.9. The monoisotopic (exact) mass is 490 g/mol. The zero-order valence-corrected chi connectivity index (χ0v) is 21.3. The maximum atomic E-state index is 12.8. The fourth-order valence-electron chi connectivity index (χ4n) is 4.76. The minimum absolute atomic E-state index is 0.137. The Labute approximate surface area is 210 Å². The summed E-state index contributed by atoms with van der Waals surface area (Å²) in [4.78, 5) is 23.1. The third-order valence-electron chi connectivity index (χ3n) is 6.77. The number of unbranched alkanes of at least 4 members (excludes halogenated alkanes) is 5. The summed E-state index contributed by atoms with van der Waals surface area (Å²) in [5, 5.41) is 9.11. The van der Waals surface area contributed by atoms with Gasteiger partial charge in [0.1, 0.15) is 0 Å². The largest absolute Gasteiger partial charge is 0.369 e. The van der Waals surface area contributed by atoms with Crippen molar-refractivity contribution in [3.63, 3.8) is 0 Å². The molecule has 0 spiro atoms. The number of rotatable bonds is 10. The molecule has 1 fully saturated rings. The predicted molar refractivity (Wildman–Crippen MR) is 146 cm³/mol. The van der Waals surface area contributed by atoms with Crippen molar-refractivity contribution in [2.24, 2.45) is 0 Å². The normalized spacial score (nSPS) is 14.7. The lowest BCUT2D eigenvalue weighted by Gasteiger charge is -2.36. The molecular weight excluding hydrogens is 456 g/mol. The fourth-order valence-corrected chi connectivity index (χ4v) is 5.57. The van der Waals surface area contributed by atoms with Crippen molar-refractivity contribution in [1.82, 2.24) is 19.5 Å². The van der Waals surface area contributed by atoms with E-state index < -0.39 is 0 Å². The molecule has 0 amide bonds. The quantitative estimate of drug-likeness (QED) is 0.295. The third kappa shape index (κ3) is 5.65. The van der Waals surface area contributed by atoms with Gasteiger partial charge in [0.05, 0.1) is 10.9 Å². The van der Waals surface area contributed by atoms with Gasteiger partial charge >= 0.3 is 0 Å². The molecule has 0 aliphatic carbocycles. The molecule has 8 heteroatoms. The predicted octanol–water partition coefficient (Wildman–Crippen LogP) is 5.53. The zero-order valence-electron chi connectivity index (χ0n) is 20.4. The molecule has 4 aromatic rings. The molecule has 0 unspecified atom stereocenters. The minimum Gasteiger partial charge on any atom is -0.369 e. The van der Waals surface area contributed by atoms with Gasteiger partial charge in [-0.25, -0.2) is 4.98 Å². The minimum atomic E-state index is -0.137. The summed E-state index contributed by atoms with van der Waals surface area (Å²) < 4.78 is 1.39. The number of aromatic nitrogens is 3. The van der Waals surface area contributed by atoms with Crippen LogP contribution in [0.3, 0.4) is 0 Å². The van der Waals surface area contributed by atoms with Gasteiger partial charge in [0, 0.05) is 37.6 Å². The highest BCUT2D eigenvalue weighted by Gasteiger charge is 2.17. The van der Waals surface area contributed by atoms with Crippen LogP contribution in [0.1, 0.15) is 45.4 Å². The van der Waals surface area contributed by atoms with Crippen molar-refractivity contribution < 1.29 is 0 Å². The number of nitrogens with zero attached hydrogens (tertiary/aromatic N) is 5. The molecule has 2 aromatic heterocycles. The van der Waals surface area contributed by atoms with Crippen molar-refractivity contribution in [2.45, 2.75) is 45.4 Å². The first-order valence-corrected chi connectivity index (χ1v) is 13.7. The summed E-state index contributed by atoms with van der Waals surface area (Å²) in [7, 11) is 0. The second-order valence-corrected chi connectivity index (χ2v) is 10.3. The molecule has 7 nitrogen and oxygen atoms in total. The van der Waals surface area contributed by atoms with E-state index >= 15 is 0 Å². The van der Waals surface area contributed by atoms with Gasteiger partial charge in [-0.3, -0.25) is 9.69 Å². The van der Waals surface area contributed by atoms with Gasteiger partial charge in [0.15, 0.2) is 0 Å². The molecular formula is C27H34N6OS. The van der Waals surface area contributed by atoms with Gasteiger partial charge in [0.2, 0.25) is 10.1 Å². The van der Waals surface area contributed by atoms with Gasteiger partial charge < -0.3 is 10.2 Å². The second-order valence-electron chi connectivity index (χ2n) is 9.31. The first kappa shape index (κ1) is 23.8. The van der Waals surface area contributed by atoms with Crippen molar-refractivity contribution in [2.75, 3.05) is 42.9 Å². The Bertz CT molecular complexity index is 1320. The van der Waals surface area contributed by atoms with Gasteiger partial charge in [-0.2, -0.15) is 4.52 Å². The highest BCUT2D eigenvalue weighted by Crippen LogP contribution is 2.26. The van der Waals surface area contributed by atoms with Gasteiger partial charge in [-0.15, -0.1) is 5.10 Å². The van der Waals surface area contributed by atoms with Crippen molar-refractivity contribution in [1.29, 1.82) is 0 Å². The Kier molecular flexibility index (Phi) is 7.59. The number of fused-ring (bicyclic) bond motifs is 2. The Morgan fingerprint density at radius 3 is 2.60 bits per heavy atom. The van der Waals surface area contributed by atoms with Crippen LogP contribution in [0.5, 0.6) is 0 Å². The summed E-state index contributed by atoms with van der Waals surface area (Å²) in [5.41, 5.74) is 2.75. The molecule has 35 heavy (non-hydrogen) atoms. The van der Waals surface area contributed by atoms with Crippen molar-refractivity contribution in [3.05, 3.63) is 58.9 Å². The fraction of sp³-hybridized carbons (Fsp3) is 0.444. The van der Waals surface area contributed by atoms with Crippen LogP contribution in [0.2, 0.25) is 0 Å². The third-order valence-corrected chi connectivity index (χ3v) is 7.59. The van der Waals surface area contributed by atoms with Crippen LogP contribution in [0, 0.1) is 0 Å². The number of nitrogens with one attached hydrogen (secondary N) is 1. The topological polar surface area (TPSA) is 65.8 Å². The number of hydrogen-bond donors (Lipinski definition) is 1. The number of para-hydroxylation sites is 1. The molecule has 0 saturated carbocycles. The maximum Gasteiger partial charge on any atom is 0.283 e. The molecule has 184 valence electrons. The molecule has 0 radical (unpaired) electrons. The number of benzene rings is 2. The van der Waals surface area contributed by atoms with Crippen LogP contribution >= 0.6 is 11.3 Å². The molecule has 3 heterocycles. The SMILES string of the molecule is CCCCCCCCN1CCN(c2cccc(Nc3nn4c(=O)c5ccccc5nc4s3)c2)CC1. The van der Waals surface area contributed by atoms with E-state index in [2.05, 4.69) is 50.3 Å². The number of hydrogen-bond acceptors (Lipinski definition) is 7. The lowest BCUT2D eigenvalue weighted by atomic mass is 10.1.